The van der Waals surface area contributed by atoms with Crippen LogP contribution in [0.15, 0.2) is 48.5 Å². The average Bonchev–Trinajstić information content (AvgIpc) is 2.96. The molecule has 1 saturated heterocycles. The zero-order chi connectivity index (χ0) is 20.0. The van der Waals surface area contributed by atoms with Crippen molar-refractivity contribution in [2.45, 2.75) is 39.2 Å². The number of benzene rings is 2. The van der Waals surface area contributed by atoms with Gasteiger partial charge in [0.05, 0.1) is 12.0 Å². The number of halogens is 3. The second-order valence-electron chi connectivity index (χ2n) is 8.04. The average molecular weight is 407 g/mol. The molecule has 0 bridgehead atoms. The summed E-state index contributed by atoms with van der Waals surface area (Å²) >= 11 is 11.5. The van der Waals surface area contributed by atoms with Crippen LogP contribution in [0, 0.1) is 28.5 Å². The first-order valence-corrected chi connectivity index (χ1v) is 9.75. The lowest BCUT2D eigenvalue weighted by Crippen LogP contribution is -2.31. The molecule has 27 heavy (non-hydrogen) atoms. The van der Waals surface area contributed by atoms with E-state index in [4.69, 9.17) is 23.2 Å². The monoisotopic (exact) mass is 406 g/mol. The van der Waals surface area contributed by atoms with E-state index in [1.807, 2.05) is 18.2 Å². The van der Waals surface area contributed by atoms with Crippen LogP contribution in [-0.4, -0.2) is 12.6 Å². The number of nitrogens with one attached hydrogen (secondary N) is 1. The zero-order valence-electron chi connectivity index (χ0n) is 15.8. The lowest BCUT2D eigenvalue weighted by molar-refractivity contribution is 0.304. The van der Waals surface area contributed by atoms with Crippen LogP contribution in [0.4, 0.5) is 4.39 Å². The zero-order valence-corrected chi connectivity index (χ0v) is 17.4. The molecule has 2 aromatic carbocycles. The summed E-state index contributed by atoms with van der Waals surface area (Å²) in [4.78, 5) is 0. The lowest BCUT2D eigenvalue weighted by Gasteiger charge is -2.25. The van der Waals surface area contributed by atoms with Gasteiger partial charge in [-0.1, -0.05) is 62.2 Å². The molecule has 144 valence electrons. The fourth-order valence-electron chi connectivity index (χ4n) is 3.37. The molecule has 2 aromatic rings. The maximum atomic E-state index is 12.1. The first kappa shape index (κ1) is 21.7. The van der Waals surface area contributed by atoms with Crippen molar-refractivity contribution in [3.05, 3.63) is 70.0 Å². The molecule has 0 aromatic heterocycles. The minimum atomic E-state index is -0.294. The van der Waals surface area contributed by atoms with Gasteiger partial charge in [0.1, 0.15) is 5.82 Å². The Hall–Kier alpha value is -1.60. The third kappa shape index (κ3) is 6.81. The smallest absolute Gasteiger partial charge is 0.124 e. The van der Waals surface area contributed by atoms with Gasteiger partial charge < -0.3 is 5.32 Å². The predicted molar refractivity (Wildman–Crippen MR) is 111 cm³/mol. The van der Waals surface area contributed by atoms with E-state index in [1.54, 1.807) is 12.1 Å². The molecule has 3 atom stereocenters. The Labute approximate surface area is 171 Å². The quantitative estimate of drug-likeness (QED) is 0.621. The van der Waals surface area contributed by atoms with Crippen molar-refractivity contribution >= 4 is 23.2 Å². The summed E-state index contributed by atoms with van der Waals surface area (Å²) < 4.78 is 12.1. The highest BCUT2D eigenvalue weighted by Gasteiger charge is 2.38. The van der Waals surface area contributed by atoms with Crippen LogP contribution >= 0.6 is 23.2 Å². The van der Waals surface area contributed by atoms with Crippen molar-refractivity contribution in [1.29, 1.82) is 5.26 Å². The van der Waals surface area contributed by atoms with Crippen LogP contribution in [0.25, 0.3) is 0 Å². The van der Waals surface area contributed by atoms with Crippen molar-refractivity contribution in [3.8, 4) is 6.07 Å². The van der Waals surface area contributed by atoms with E-state index >= 15 is 0 Å². The summed E-state index contributed by atoms with van der Waals surface area (Å²) in [5, 5.41) is 14.2. The van der Waals surface area contributed by atoms with Crippen molar-refractivity contribution in [2.75, 3.05) is 6.54 Å². The Morgan fingerprint density at radius 3 is 2.22 bits per heavy atom. The molecule has 1 heterocycles. The number of hydrogen-bond acceptors (Lipinski definition) is 2. The SMILES string of the molecule is CC(C)(C)CC1NCC(c2cccc(Cl)c2)C1C#N.Fc1cccc(Cl)c1. The topological polar surface area (TPSA) is 35.8 Å². The number of nitriles is 1. The summed E-state index contributed by atoms with van der Waals surface area (Å²) in [7, 11) is 0. The van der Waals surface area contributed by atoms with E-state index in [1.165, 1.54) is 17.7 Å². The molecular formula is C22H25Cl2FN2. The van der Waals surface area contributed by atoms with Gasteiger partial charge in [0.2, 0.25) is 0 Å². The Morgan fingerprint density at radius 1 is 1.11 bits per heavy atom. The van der Waals surface area contributed by atoms with Crippen LogP contribution < -0.4 is 5.32 Å². The first-order chi connectivity index (χ1) is 12.7. The van der Waals surface area contributed by atoms with Gasteiger partial charge in [-0.15, -0.1) is 0 Å². The summed E-state index contributed by atoms with van der Waals surface area (Å²) in [6, 6.07) is 16.5. The molecule has 0 radical (unpaired) electrons. The minimum absolute atomic E-state index is 0.0256. The Kier molecular flexibility index (Phi) is 7.68. The molecular weight excluding hydrogens is 382 g/mol. The molecule has 3 rings (SSSR count). The van der Waals surface area contributed by atoms with Gasteiger partial charge in [-0.3, -0.25) is 0 Å². The second-order valence-corrected chi connectivity index (χ2v) is 8.91. The first-order valence-electron chi connectivity index (χ1n) is 8.99. The Morgan fingerprint density at radius 2 is 1.74 bits per heavy atom. The maximum absolute atomic E-state index is 12.1. The molecule has 1 aliphatic heterocycles. The van der Waals surface area contributed by atoms with Gasteiger partial charge in [0.25, 0.3) is 0 Å². The highest BCUT2D eigenvalue weighted by molar-refractivity contribution is 6.30. The second kappa shape index (κ2) is 9.55. The van der Waals surface area contributed by atoms with E-state index < -0.39 is 0 Å². The van der Waals surface area contributed by atoms with Gasteiger partial charge in [-0.25, -0.2) is 4.39 Å². The predicted octanol–water partition coefficient (Wildman–Crippen LogP) is 6.45. The largest absolute Gasteiger partial charge is 0.312 e. The molecule has 3 unspecified atom stereocenters. The molecule has 0 amide bonds. The van der Waals surface area contributed by atoms with Crippen LogP contribution in [0.3, 0.4) is 0 Å². The van der Waals surface area contributed by atoms with Crippen LogP contribution in [0.2, 0.25) is 10.0 Å². The number of rotatable bonds is 2. The van der Waals surface area contributed by atoms with Crippen LogP contribution in [0.1, 0.15) is 38.7 Å². The van der Waals surface area contributed by atoms with E-state index in [-0.39, 0.29) is 29.1 Å². The molecule has 1 aliphatic rings. The van der Waals surface area contributed by atoms with Crippen molar-refractivity contribution in [2.24, 2.45) is 11.3 Å². The third-order valence-corrected chi connectivity index (χ3v) is 4.98. The summed E-state index contributed by atoms with van der Waals surface area (Å²) in [5.41, 5.74) is 1.40. The molecule has 0 saturated carbocycles. The summed E-state index contributed by atoms with van der Waals surface area (Å²) in [6.45, 7) is 7.51. The summed E-state index contributed by atoms with van der Waals surface area (Å²) in [5.74, 6) is -0.0220. The van der Waals surface area contributed by atoms with Gasteiger partial charge in [0.15, 0.2) is 0 Å². The van der Waals surface area contributed by atoms with Crippen molar-refractivity contribution in [1.82, 2.24) is 5.32 Å². The van der Waals surface area contributed by atoms with E-state index in [9.17, 15) is 9.65 Å². The van der Waals surface area contributed by atoms with Crippen molar-refractivity contribution < 1.29 is 4.39 Å². The van der Waals surface area contributed by atoms with Crippen LogP contribution in [0.5, 0.6) is 0 Å². The molecule has 0 spiro atoms. The van der Waals surface area contributed by atoms with E-state index in [0.717, 1.165) is 18.0 Å². The highest BCUT2D eigenvalue weighted by atomic mass is 35.5. The highest BCUT2D eigenvalue weighted by Crippen LogP contribution is 2.37. The molecule has 5 heteroatoms. The van der Waals surface area contributed by atoms with Gasteiger partial charge in [-0.2, -0.15) is 5.26 Å². The Bertz CT molecular complexity index is 778. The fraction of sp³-hybridized carbons (Fsp3) is 0.409. The number of hydrogen-bond donors (Lipinski definition) is 1. The van der Waals surface area contributed by atoms with Crippen LogP contribution in [-0.2, 0) is 0 Å². The van der Waals surface area contributed by atoms with Gasteiger partial charge >= 0.3 is 0 Å². The Balaban J connectivity index is 0.000000273. The van der Waals surface area contributed by atoms with Gasteiger partial charge in [0, 0.05) is 28.5 Å². The maximum Gasteiger partial charge on any atom is 0.124 e. The fourth-order valence-corrected chi connectivity index (χ4v) is 3.75. The lowest BCUT2D eigenvalue weighted by atomic mass is 9.79. The standard InChI is InChI=1S/C16H21ClN2.C6H4ClF/c1-16(2,3)8-15-13(9-18)14(10-19-15)11-5-4-6-12(17)7-11;7-5-2-1-3-6(8)4-5/h4-7,13-15,19H,8,10H2,1-3H3;1-4H. The third-order valence-electron chi connectivity index (χ3n) is 4.51. The molecule has 1 fully saturated rings. The summed E-state index contributed by atoms with van der Waals surface area (Å²) in [6.07, 6.45) is 1.02. The normalized spacial score (nSPS) is 21.9. The molecule has 1 N–H and O–H groups in total. The van der Waals surface area contributed by atoms with Gasteiger partial charge in [-0.05, 0) is 47.7 Å². The minimum Gasteiger partial charge on any atom is -0.312 e. The van der Waals surface area contributed by atoms with E-state index in [0.29, 0.717) is 5.02 Å². The number of nitrogens with zero attached hydrogens (tertiary/aromatic N) is 1. The van der Waals surface area contributed by atoms with Crippen molar-refractivity contribution in [3.63, 3.8) is 0 Å². The molecule has 2 nitrogen and oxygen atoms in total. The molecule has 0 aliphatic carbocycles. The van der Waals surface area contributed by atoms with E-state index in [2.05, 4.69) is 38.2 Å².